The van der Waals surface area contributed by atoms with Crippen molar-refractivity contribution in [2.75, 3.05) is 38.9 Å². The zero-order chi connectivity index (χ0) is 13.4. The molecule has 102 valence electrons. The van der Waals surface area contributed by atoms with Gasteiger partial charge >= 0.3 is 0 Å². The number of nitrogens with two attached hydrogens (primary N) is 1. The minimum absolute atomic E-state index is 0.241. The Morgan fingerprint density at radius 1 is 1.33 bits per heavy atom. The van der Waals surface area contributed by atoms with Crippen molar-refractivity contribution < 1.29 is 9.47 Å². The van der Waals surface area contributed by atoms with E-state index < -0.39 is 0 Å². The molecule has 1 heterocycles. The molecule has 0 saturated heterocycles. The molecule has 18 heavy (non-hydrogen) atoms. The van der Waals surface area contributed by atoms with Crippen LogP contribution < -0.4 is 10.6 Å². The number of anilines is 1. The summed E-state index contributed by atoms with van der Waals surface area (Å²) in [5, 5.41) is 0. The molecule has 5 heteroatoms. The zero-order valence-electron chi connectivity index (χ0n) is 11.4. The molecule has 0 spiro atoms. The number of nitrogens with zero attached hydrogens (tertiary/aromatic N) is 2. The summed E-state index contributed by atoms with van der Waals surface area (Å²) in [6, 6.07) is 6.13. The first kappa shape index (κ1) is 14.9. The molecule has 1 atom stereocenters. The van der Waals surface area contributed by atoms with Crippen LogP contribution >= 0.6 is 0 Å². The Morgan fingerprint density at radius 3 is 2.72 bits per heavy atom. The number of hydrogen-bond acceptors (Lipinski definition) is 5. The highest BCUT2D eigenvalue weighted by atomic mass is 16.5. The van der Waals surface area contributed by atoms with E-state index in [4.69, 9.17) is 15.2 Å². The van der Waals surface area contributed by atoms with Crippen molar-refractivity contribution in [3.63, 3.8) is 0 Å². The summed E-state index contributed by atoms with van der Waals surface area (Å²) in [5.41, 5.74) is 6.51. The van der Waals surface area contributed by atoms with Crippen LogP contribution in [0.25, 0.3) is 0 Å². The maximum absolute atomic E-state index is 5.62. The van der Waals surface area contributed by atoms with E-state index in [1.165, 1.54) is 0 Å². The van der Waals surface area contributed by atoms with Gasteiger partial charge in [0, 0.05) is 27.3 Å². The molecule has 0 aromatic carbocycles. The Morgan fingerprint density at radius 2 is 2.11 bits per heavy atom. The number of rotatable bonds is 8. The van der Waals surface area contributed by atoms with Gasteiger partial charge in [-0.15, -0.1) is 0 Å². The third-order valence-electron chi connectivity index (χ3n) is 2.77. The molecule has 1 rings (SSSR count). The second-order valence-electron chi connectivity index (χ2n) is 4.18. The molecule has 0 aliphatic heterocycles. The Balaban J connectivity index is 2.85. The van der Waals surface area contributed by atoms with Crippen molar-refractivity contribution in [3.05, 3.63) is 23.9 Å². The molecule has 0 fully saturated rings. The van der Waals surface area contributed by atoms with Crippen molar-refractivity contribution in [1.29, 1.82) is 0 Å². The summed E-state index contributed by atoms with van der Waals surface area (Å²) in [4.78, 5) is 6.71. The summed E-state index contributed by atoms with van der Waals surface area (Å²) in [6.45, 7) is 4.64. The SMILES string of the molecule is COCCN(c1cccc(CN)n1)C(C)COC. The van der Waals surface area contributed by atoms with E-state index in [1.807, 2.05) is 18.2 Å². The monoisotopic (exact) mass is 253 g/mol. The molecule has 1 aromatic heterocycles. The molecule has 0 saturated carbocycles. The van der Waals surface area contributed by atoms with E-state index >= 15 is 0 Å². The maximum Gasteiger partial charge on any atom is 0.129 e. The van der Waals surface area contributed by atoms with E-state index in [0.717, 1.165) is 18.1 Å². The minimum atomic E-state index is 0.241. The van der Waals surface area contributed by atoms with Crippen molar-refractivity contribution in [1.82, 2.24) is 4.98 Å². The lowest BCUT2D eigenvalue weighted by Crippen LogP contribution is -2.39. The highest BCUT2D eigenvalue weighted by Gasteiger charge is 2.15. The average molecular weight is 253 g/mol. The molecule has 1 aromatic rings. The van der Waals surface area contributed by atoms with Gasteiger partial charge in [0.1, 0.15) is 5.82 Å². The van der Waals surface area contributed by atoms with Crippen LogP contribution in [-0.4, -0.2) is 45.0 Å². The van der Waals surface area contributed by atoms with Gasteiger partial charge < -0.3 is 20.1 Å². The summed E-state index contributed by atoms with van der Waals surface area (Å²) in [6.07, 6.45) is 0. The van der Waals surface area contributed by atoms with E-state index in [0.29, 0.717) is 19.8 Å². The van der Waals surface area contributed by atoms with Crippen LogP contribution in [-0.2, 0) is 16.0 Å². The number of aromatic nitrogens is 1. The highest BCUT2D eigenvalue weighted by Crippen LogP contribution is 2.14. The van der Waals surface area contributed by atoms with Gasteiger partial charge in [0.15, 0.2) is 0 Å². The van der Waals surface area contributed by atoms with Crippen LogP contribution in [0.5, 0.6) is 0 Å². The first-order valence-electron chi connectivity index (χ1n) is 6.13. The molecule has 2 N–H and O–H groups in total. The van der Waals surface area contributed by atoms with Crippen LogP contribution in [0.4, 0.5) is 5.82 Å². The first-order valence-corrected chi connectivity index (χ1v) is 6.13. The summed E-state index contributed by atoms with van der Waals surface area (Å²) < 4.78 is 10.4. The van der Waals surface area contributed by atoms with Crippen LogP contribution in [0.3, 0.4) is 0 Å². The average Bonchev–Trinajstić information content (AvgIpc) is 2.40. The Hall–Kier alpha value is -1.17. The van der Waals surface area contributed by atoms with Crippen molar-refractivity contribution in [2.24, 2.45) is 5.73 Å². The number of ether oxygens (including phenoxy) is 2. The minimum Gasteiger partial charge on any atom is -0.383 e. The molecule has 0 aliphatic carbocycles. The fraction of sp³-hybridized carbons (Fsp3) is 0.615. The quantitative estimate of drug-likeness (QED) is 0.749. The lowest BCUT2D eigenvalue weighted by Gasteiger charge is -2.30. The van der Waals surface area contributed by atoms with E-state index in [-0.39, 0.29) is 6.04 Å². The van der Waals surface area contributed by atoms with Crippen molar-refractivity contribution >= 4 is 5.82 Å². The topological polar surface area (TPSA) is 60.6 Å². The van der Waals surface area contributed by atoms with E-state index in [9.17, 15) is 0 Å². The van der Waals surface area contributed by atoms with Gasteiger partial charge in [0.25, 0.3) is 0 Å². The molecule has 5 nitrogen and oxygen atoms in total. The molecular formula is C13H23N3O2. The Kier molecular flexibility index (Phi) is 6.64. The number of methoxy groups -OCH3 is 2. The van der Waals surface area contributed by atoms with Gasteiger partial charge in [-0.3, -0.25) is 0 Å². The number of pyridine rings is 1. The zero-order valence-corrected chi connectivity index (χ0v) is 11.4. The van der Waals surface area contributed by atoms with Gasteiger partial charge in [0.05, 0.1) is 24.9 Å². The van der Waals surface area contributed by atoms with E-state index in [1.54, 1.807) is 14.2 Å². The van der Waals surface area contributed by atoms with Crippen molar-refractivity contribution in [2.45, 2.75) is 19.5 Å². The second-order valence-corrected chi connectivity index (χ2v) is 4.18. The van der Waals surface area contributed by atoms with Crippen LogP contribution in [0.15, 0.2) is 18.2 Å². The molecule has 0 bridgehead atoms. The molecule has 0 aliphatic rings. The van der Waals surface area contributed by atoms with Crippen LogP contribution in [0.2, 0.25) is 0 Å². The van der Waals surface area contributed by atoms with Crippen LogP contribution in [0, 0.1) is 0 Å². The normalized spacial score (nSPS) is 12.4. The smallest absolute Gasteiger partial charge is 0.129 e. The third-order valence-corrected chi connectivity index (χ3v) is 2.77. The Bertz CT molecular complexity index is 347. The third kappa shape index (κ3) is 4.25. The number of hydrogen-bond donors (Lipinski definition) is 1. The summed E-state index contributed by atoms with van der Waals surface area (Å²) in [7, 11) is 3.40. The van der Waals surface area contributed by atoms with Gasteiger partial charge in [-0.05, 0) is 19.1 Å². The lowest BCUT2D eigenvalue weighted by atomic mass is 10.2. The van der Waals surface area contributed by atoms with Gasteiger partial charge in [0.2, 0.25) is 0 Å². The van der Waals surface area contributed by atoms with Gasteiger partial charge in [-0.2, -0.15) is 0 Å². The lowest BCUT2D eigenvalue weighted by molar-refractivity contribution is 0.170. The summed E-state index contributed by atoms with van der Waals surface area (Å²) in [5.74, 6) is 0.916. The highest BCUT2D eigenvalue weighted by molar-refractivity contribution is 5.40. The molecular weight excluding hydrogens is 230 g/mol. The van der Waals surface area contributed by atoms with Gasteiger partial charge in [-0.25, -0.2) is 4.98 Å². The van der Waals surface area contributed by atoms with E-state index in [2.05, 4.69) is 16.8 Å². The van der Waals surface area contributed by atoms with Crippen molar-refractivity contribution in [3.8, 4) is 0 Å². The Labute approximate surface area is 109 Å². The predicted octanol–water partition coefficient (Wildman–Crippen LogP) is 1.03. The standard InChI is InChI=1S/C13H23N3O2/c1-11(10-18-3)16(7-8-17-2)13-6-4-5-12(9-14)15-13/h4-6,11H,7-10,14H2,1-3H3. The molecule has 1 unspecified atom stereocenters. The second kappa shape index (κ2) is 8.02. The maximum atomic E-state index is 5.62. The van der Waals surface area contributed by atoms with Crippen LogP contribution in [0.1, 0.15) is 12.6 Å². The first-order chi connectivity index (χ1) is 8.72. The largest absolute Gasteiger partial charge is 0.383 e. The molecule has 0 amide bonds. The predicted molar refractivity (Wildman–Crippen MR) is 72.7 cm³/mol. The molecule has 0 radical (unpaired) electrons. The fourth-order valence-corrected chi connectivity index (χ4v) is 1.82. The van der Waals surface area contributed by atoms with Gasteiger partial charge in [-0.1, -0.05) is 6.07 Å². The summed E-state index contributed by atoms with van der Waals surface area (Å²) >= 11 is 0. The fourth-order valence-electron chi connectivity index (χ4n) is 1.82.